The summed E-state index contributed by atoms with van der Waals surface area (Å²) in [6.07, 6.45) is -0.571. The van der Waals surface area contributed by atoms with E-state index in [4.69, 9.17) is 14.2 Å². The Morgan fingerprint density at radius 3 is 2.54 bits per heavy atom. The van der Waals surface area contributed by atoms with E-state index < -0.39 is 30.7 Å². The number of anilines is 1. The Kier molecular flexibility index (Phi) is 5.69. The Labute approximate surface area is 199 Å². The molecule has 0 aliphatic carbocycles. The Balaban J connectivity index is 1.25. The third-order valence-corrected chi connectivity index (χ3v) is 6.28. The van der Waals surface area contributed by atoms with Crippen molar-refractivity contribution in [2.75, 3.05) is 18.5 Å². The number of fused-ring (bicyclic) bond motifs is 2. The molecule has 1 N–H and O–H groups in total. The molecule has 9 nitrogen and oxygen atoms in total. The zero-order valence-electron chi connectivity index (χ0n) is 18.5. The highest BCUT2D eigenvalue weighted by molar-refractivity contribution is 6.06. The normalized spacial score (nSPS) is 26.3. The molecule has 5 atom stereocenters. The van der Waals surface area contributed by atoms with E-state index in [2.05, 4.69) is 20.3 Å². The number of nitrogens with zero attached hydrogens (tertiary/aromatic N) is 4. The highest BCUT2D eigenvalue weighted by Crippen LogP contribution is 2.37. The lowest BCUT2D eigenvalue weighted by Gasteiger charge is -2.44. The van der Waals surface area contributed by atoms with Crippen molar-refractivity contribution < 1.29 is 23.4 Å². The molecule has 10 heteroatoms. The molecule has 35 heavy (non-hydrogen) atoms. The molecule has 1 amide bonds. The Morgan fingerprint density at radius 2 is 1.74 bits per heavy atom. The maximum absolute atomic E-state index is 15.9. The lowest BCUT2D eigenvalue weighted by molar-refractivity contribution is -0.298. The minimum Gasteiger partial charge on any atom is -0.371 e. The van der Waals surface area contributed by atoms with Gasteiger partial charge >= 0.3 is 0 Å². The van der Waals surface area contributed by atoms with Crippen LogP contribution in [0.25, 0.3) is 11.2 Å². The molecule has 0 saturated carbocycles. The van der Waals surface area contributed by atoms with Crippen LogP contribution < -0.4 is 5.32 Å². The summed E-state index contributed by atoms with van der Waals surface area (Å²) in [6.45, 7) is 0.339. The second kappa shape index (κ2) is 9.14. The number of ether oxygens (including phenoxy) is 3. The molecular weight excluding hydrogens is 453 g/mol. The number of nitrogens with one attached hydrogen (secondary N) is 1. The van der Waals surface area contributed by atoms with Gasteiger partial charge in [-0.3, -0.25) is 4.79 Å². The van der Waals surface area contributed by atoms with E-state index in [9.17, 15) is 4.79 Å². The quantitative estimate of drug-likeness (QED) is 0.482. The Hall–Kier alpha value is -3.73. The second-order valence-electron chi connectivity index (χ2n) is 8.43. The van der Waals surface area contributed by atoms with Gasteiger partial charge < -0.3 is 24.1 Å². The van der Waals surface area contributed by atoms with E-state index in [-0.39, 0.29) is 24.9 Å². The number of halogens is 1. The van der Waals surface area contributed by atoms with Crippen LogP contribution in [0.5, 0.6) is 0 Å². The fourth-order valence-electron chi connectivity index (χ4n) is 4.48. The fourth-order valence-corrected chi connectivity index (χ4v) is 4.48. The number of imidazole rings is 1. The summed E-state index contributed by atoms with van der Waals surface area (Å²) in [7, 11) is 0. The zero-order valence-corrected chi connectivity index (χ0v) is 18.5. The predicted octanol–water partition coefficient (Wildman–Crippen LogP) is 3.47. The molecule has 2 aromatic carbocycles. The fraction of sp³-hybridized carbons (Fsp3) is 0.280. The van der Waals surface area contributed by atoms with Gasteiger partial charge in [0.25, 0.3) is 5.91 Å². The molecule has 2 fully saturated rings. The molecular formula is C25H22FN5O4. The number of hydrogen-bond acceptors (Lipinski definition) is 7. The smallest absolute Gasteiger partial charge is 0.256 e. The number of rotatable bonds is 4. The summed E-state index contributed by atoms with van der Waals surface area (Å²) in [5, 5.41) is 2.77. The van der Waals surface area contributed by atoms with Gasteiger partial charge in [-0.25, -0.2) is 19.3 Å². The predicted molar refractivity (Wildman–Crippen MR) is 123 cm³/mol. The molecule has 2 aromatic heterocycles. The first-order chi connectivity index (χ1) is 17.2. The topological polar surface area (TPSA) is 100 Å². The van der Waals surface area contributed by atoms with E-state index in [0.29, 0.717) is 16.7 Å². The highest BCUT2D eigenvalue weighted by Gasteiger charge is 2.47. The van der Waals surface area contributed by atoms with Gasteiger partial charge in [0.1, 0.15) is 18.5 Å². The molecule has 4 aromatic rings. The molecule has 1 unspecified atom stereocenters. The van der Waals surface area contributed by atoms with Crippen LogP contribution in [-0.2, 0) is 14.2 Å². The van der Waals surface area contributed by atoms with Crippen molar-refractivity contribution in [3.63, 3.8) is 0 Å². The summed E-state index contributed by atoms with van der Waals surface area (Å²) in [5.74, 6) is -0.0750. The first kappa shape index (κ1) is 21.8. The van der Waals surface area contributed by atoms with Gasteiger partial charge in [-0.05, 0) is 12.1 Å². The summed E-state index contributed by atoms with van der Waals surface area (Å²) < 4.78 is 35.2. The van der Waals surface area contributed by atoms with E-state index in [1.54, 1.807) is 28.8 Å². The third-order valence-electron chi connectivity index (χ3n) is 6.28. The van der Waals surface area contributed by atoms with Crippen LogP contribution in [0, 0.1) is 0 Å². The number of carbonyl (C=O) groups is 1. The second-order valence-corrected chi connectivity index (χ2v) is 8.43. The molecule has 2 saturated heterocycles. The maximum atomic E-state index is 15.9. The molecule has 2 aliphatic rings. The van der Waals surface area contributed by atoms with Crippen molar-refractivity contribution in [2.45, 2.75) is 30.7 Å². The molecule has 0 radical (unpaired) electrons. The molecule has 6 rings (SSSR count). The summed E-state index contributed by atoms with van der Waals surface area (Å²) in [6, 6.07) is 17.5. The molecule has 2 aliphatic heterocycles. The number of carbonyl (C=O) groups excluding carboxylic acids is 1. The Morgan fingerprint density at radius 1 is 0.971 bits per heavy atom. The van der Waals surface area contributed by atoms with Gasteiger partial charge in [0.2, 0.25) is 0 Å². The van der Waals surface area contributed by atoms with Gasteiger partial charge in [0.15, 0.2) is 29.4 Å². The van der Waals surface area contributed by atoms with Crippen molar-refractivity contribution >= 4 is 22.9 Å². The van der Waals surface area contributed by atoms with Crippen LogP contribution in [0.4, 0.5) is 10.2 Å². The van der Waals surface area contributed by atoms with Gasteiger partial charge in [-0.1, -0.05) is 48.5 Å². The maximum Gasteiger partial charge on any atom is 0.256 e. The van der Waals surface area contributed by atoms with Crippen molar-refractivity contribution in [3.8, 4) is 0 Å². The summed E-state index contributed by atoms with van der Waals surface area (Å²) in [5.41, 5.74) is 2.06. The van der Waals surface area contributed by atoms with Crippen molar-refractivity contribution in [1.29, 1.82) is 0 Å². The minimum atomic E-state index is -1.39. The lowest BCUT2D eigenvalue weighted by Crippen LogP contribution is -2.54. The van der Waals surface area contributed by atoms with E-state index in [1.165, 1.54) is 12.7 Å². The number of benzene rings is 2. The van der Waals surface area contributed by atoms with E-state index >= 15 is 4.39 Å². The first-order valence-corrected chi connectivity index (χ1v) is 11.3. The van der Waals surface area contributed by atoms with Crippen molar-refractivity contribution in [2.24, 2.45) is 0 Å². The first-order valence-electron chi connectivity index (χ1n) is 11.3. The van der Waals surface area contributed by atoms with Crippen LogP contribution in [0.15, 0.2) is 73.3 Å². The van der Waals surface area contributed by atoms with Gasteiger partial charge in [0, 0.05) is 11.1 Å². The molecule has 0 spiro atoms. The summed E-state index contributed by atoms with van der Waals surface area (Å²) >= 11 is 0. The summed E-state index contributed by atoms with van der Waals surface area (Å²) in [4.78, 5) is 25.5. The number of aromatic nitrogens is 4. The number of amides is 1. The zero-order chi connectivity index (χ0) is 23.8. The molecule has 178 valence electrons. The standard InChI is InChI=1S/C25H22FN5O4/c26-19-17(11-33-18-12-34-25(35-21(18)19)16-9-5-2-6-10-16)31-14-29-20-22(27-13-28-23(20)31)30-24(32)15-7-3-1-4-8-15/h1-10,13-14,17-19,21,25H,11-12H2,(H,27,28,30,32)/t17-,18-,19+,21?,25-/m1/s1. The molecule has 4 heterocycles. The van der Waals surface area contributed by atoms with Gasteiger partial charge in [-0.15, -0.1) is 0 Å². The van der Waals surface area contributed by atoms with Crippen LogP contribution >= 0.6 is 0 Å². The average molecular weight is 475 g/mol. The average Bonchev–Trinajstić information content (AvgIpc) is 3.35. The van der Waals surface area contributed by atoms with Crippen LogP contribution in [0.1, 0.15) is 28.3 Å². The minimum absolute atomic E-state index is 0.103. The highest BCUT2D eigenvalue weighted by atomic mass is 19.1. The third kappa shape index (κ3) is 4.05. The van der Waals surface area contributed by atoms with Crippen molar-refractivity contribution in [1.82, 2.24) is 19.5 Å². The number of alkyl halides is 1. The van der Waals surface area contributed by atoms with Crippen LogP contribution in [0.3, 0.4) is 0 Å². The Bertz CT molecular complexity index is 1340. The van der Waals surface area contributed by atoms with Gasteiger partial charge in [0.05, 0.1) is 25.6 Å². The van der Waals surface area contributed by atoms with Crippen LogP contribution in [0.2, 0.25) is 0 Å². The van der Waals surface area contributed by atoms with E-state index in [1.807, 2.05) is 36.4 Å². The van der Waals surface area contributed by atoms with Crippen molar-refractivity contribution in [3.05, 3.63) is 84.4 Å². The molecule has 0 bridgehead atoms. The lowest BCUT2D eigenvalue weighted by atomic mass is 9.98. The largest absolute Gasteiger partial charge is 0.371 e. The number of hydrogen-bond donors (Lipinski definition) is 1. The van der Waals surface area contributed by atoms with E-state index in [0.717, 1.165) is 5.56 Å². The monoisotopic (exact) mass is 475 g/mol. The van der Waals surface area contributed by atoms with Crippen LogP contribution in [-0.4, -0.2) is 57.0 Å². The SMILES string of the molecule is O=C(Nc1ncnc2c1ncn2[C@@H]1CO[C@@H]2CO[C@@H](c3ccccc3)OC2[C@H]1F)c1ccccc1. The van der Waals surface area contributed by atoms with Gasteiger partial charge in [-0.2, -0.15) is 0 Å².